The molecule has 0 saturated carbocycles. The number of carbonyl (C=O) groups excluding carboxylic acids is 1. The summed E-state index contributed by atoms with van der Waals surface area (Å²) in [7, 11) is 0. The maximum absolute atomic E-state index is 12.9. The number of halogens is 1. The fourth-order valence-corrected chi connectivity index (χ4v) is 4.75. The normalized spacial score (nSPS) is 16.4. The lowest BCUT2D eigenvalue weighted by atomic mass is 10.1. The lowest BCUT2D eigenvalue weighted by Crippen LogP contribution is -3.00. The molecular formula is C21H29BrN2OS. The Hall–Kier alpha value is -1.17. The minimum atomic E-state index is 0. The van der Waals surface area contributed by atoms with Crippen LogP contribution in [0.1, 0.15) is 41.7 Å². The van der Waals surface area contributed by atoms with E-state index >= 15 is 0 Å². The van der Waals surface area contributed by atoms with Crippen molar-refractivity contribution in [3.8, 4) is 0 Å². The van der Waals surface area contributed by atoms with E-state index in [-0.39, 0.29) is 22.9 Å². The SMILES string of the molecule is Cc1csc(C)c1NC(=O)C[N+]1(Cc2ccccc2)CCCCCC1.[Br-]. The molecule has 0 unspecified atom stereocenters. The molecular weight excluding hydrogens is 408 g/mol. The van der Waals surface area contributed by atoms with E-state index in [9.17, 15) is 4.79 Å². The molecule has 3 rings (SSSR count). The summed E-state index contributed by atoms with van der Waals surface area (Å²) in [5, 5.41) is 5.31. The van der Waals surface area contributed by atoms with Crippen LogP contribution in [0.25, 0.3) is 0 Å². The first-order valence-electron chi connectivity index (χ1n) is 9.32. The van der Waals surface area contributed by atoms with Gasteiger partial charge >= 0.3 is 0 Å². The number of aryl methyl sites for hydroxylation is 2. The number of thiophene rings is 1. The number of hydrogen-bond donors (Lipinski definition) is 1. The summed E-state index contributed by atoms with van der Waals surface area (Å²) in [5.41, 5.74) is 3.52. The number of amides is 1. The van der Waals surface area contributed by atoms with Gasteiger partial charge in [-0.25, -0.2) is 0 Å². The standard InChI is InChI=1S/C21H28N2OS.BrH/c1-17-16-25-18(2)21(17)22-20(24)15-23(12-8-3-4-9-13-23)14-19-10-6-5-7-11-19;/h5-7,10-11,16H,3-4,8-9,12-15H2,1-2H3;1H. The number of anilines is 1. The molecule has 1 fully saturated rings. The van der Waals surface area contributed by atoms with Crippen LogP contribution in [0.4, 0.5) is 5.69 Å². The Bertz CT molecular complexity index is 687. The van der Waals surface area contributed by atoms with Crippen LogP contribution in [-0.2, 0) is 11.3 Å². The third-order valence-electron chi connectivity index (χ3n) is 5.28. The molecule has 2 aromatic rings. The van der Waals surface area contributed by atoms with Crippen molar-refractivity contribution in [3.05, 3.63) is 51.7 Å². The van der Waals surface area contributed by atoms with Gasteiger partial charge in [0.15, 0.2) is 6.54 Å². The largest absolute Gasteiger partial charge is 1.00 e. The Morgan fingerprint density at radius 1 is 1.08 bits per heavy atom. The van der Waals surface area contributed by atoms with Crippen LogP contribution in [0.2, 0.25) is 0 Å². The third kappa shape index (κ3) is 5.41. The predicted octanol–water partition coefficient (Wildman–Crippen LogP) is 1.90. The van der Waals surface area contributed by atoms with Crippen molar-refractivity contribution in [1.29, 1.82) is 0 Å². The first-order chi connectivity index (χ1) is 12.1. The molecule has 1 saturated heterocycles. The van der Waals surface area contributed by atoms with Gasteiger partial charge in [-0.1, -0.05) is 30.3 Å². The number of rotatable bonds is 5. The maximum atomic E-state index is 12.9. The van der Waals surface area contributed by atoms with Crippen molar-refractivity contribution in [1.82, 2.24) is 0 Å². The van der Waals surface area contributed by atoms with Crippen LogP contribution in [0.3, 0.4) is 0 Å². The lowest BCUT2D eigenvalue weighted by molar-refractivity contribution is -0.932. The van der Waals surface area contributed by atoms with Crippen molar-refractivity contribution in [3.63, 3.8) is 0 Å². The molecule has 0 bridgehead atoms. The van der Waals surface area contributed by atoms with Crippen molar-refractivity contribution < 1.29 is 26.3 Å². The van der Waals surface area contributed by atoms with Gasteiger partial charge in [-0.3, -0.25) is 4.79 Å². The van der Waals surface area contributed by atoms with Gasteiger partial charge in [-0.05, 0) is 50.5 Å². The van der Waals surface area contributed by atoms with Crippen molar-refractivity contribution >= 4 is 22.9 Å². The maximum Gasteiger partial charge on any atom is 0.279 e. The summed E-state index contributed by atoms with van der Waals surface area (Å²) in [5.74, 6) is 0.155. The summed E-state index contributed by atoms with van der Waals surface area (Å²) in [6, 6.07) is 10.6. The molecule has 2 heterocycles. The monoisotopic (exact) mass is 436 g/mol. The highest BCUT2D eigenvalue weighted by atomic mass is 79.9. The van der Waals surface area contributed by atoms with Gasteiger partial charge in [-0.15, -0.1) is 11.3 Å². The molecule has 3 nitrogen and oxygen atoms in total. The van der Waals surface area contributed by atoms with Crippen LogP contribution in [0.15, 0.2) is 35.7 Å². The molecule has 1 aliphatic rings. The minimum Gasteiger partial charge on any atom is -1.00 e. The fraction of sp³-hybridized carbons (Fsp3) is 0.476. The zero-order valence-corrected chi connectivity index (χ0v) is 18.2. The topological polar surface area (TPSA) is 29.1 Å². The lowest BCUT2D eigenvalue weighted by Gasteiger charge is -2.37. The van der Waals surface area contributed by atoms with E-state index in [2.05, 4.69) is 54.9 Å². The van der Waals surface area contributed by atoms with Crippen LogP contribution in [0.5, 0.6) is 0 Å². The zero-order chi connectivity index (χ0) is 17.7. The molecule has 1 aliphatic heterocycles. The Kier molecular flexibility index (Phi) is 7.86. The average Bonchev–Trinajstić information content (AvgIpc) is 2.78. The molecule has 5 heteroatoms. The van der Waals surface area contributed by atoms with E-state index in [1.807, 2.05) is 0 Å². The minimum absolute atomic E-state index is 0. The number of carbonyl (C=O) groups is 1. The molecule has 0 spiro atoms. The quantitative estimate of drug-likeness (QED) is 0.712. The summed E-state index contributed by atoms with van der Waals surface area (Å²) in [6.07, 6.45) is 5.02. The number of benzene rings is 1. The number of hydrogen-bond acceptors (Lipinski definition) is 2. The van der Waals surface area contributed by atoms with Crippen molar-refractivity contribution in [2.24, 2.45) is 0 Å². The van der Waals surface area contributed by atoms with Crippen molar-refractivity contribution in [2.75, 3.05) is 25.0 Å². The zero-order valence-electron chi connectivity index (χ0n) is 15.8. The van der Waals surface area contributed by atoms with Gasteiger partial charge in [0.2, 0.25) is 0 Å². The molecule has 26 heavy (non-hydrogen) atoms. The average molecular weight is 437 g/mol. The fourth-order valence-electron chi connectivity index (χ4n) is 3.95. The summed E-state index contributed by atoms with van der Waals surface area (Å²) < 4.78 is 0.887. The second-order valence-electron chi connectivity index (χ2n) is 7.40. The van der Waals surface area contributed by atoms with Crippen LogP contribution in [0, 0.1) is 13.8 Å². The van der Waals surface area contributed by atoms with E-state index in [0.717, 1.165) is 29.8 Å². The van der Waals surface area contributed by atoms with Gasteiger partial charge in [0.05, 0.1) is 18.8 Å². The highest BCUT2D eigenvalue weighted by Crippen LogP contribution is 2.27. The van der Waals surface area contributed by atoms with Crippen LogP contribution < -0.4 is 22.3 Å². The number of quaternary nitrogens is 1. The second-order valence-corrected chi connectivity index (χ2v) is 8.49. The van der Waals surface area contributed by atoms with E-state index in [0.29, 0.717) is 6.54 Å². The number of nitrogens with one attached hydrogen (secondary N) is 1. The predicted molar refractivity (Wildman–Crippen MR) is 106 cm³/mol. The highest BCUT2D eigenvalue weighted by molar-refractivity contribution is 7.10. The molecule has 0 atom stereocenters. The highest BCUT2D eigenvalue weighted by Gasteiger charge is 2.32. The Morgan fingerprint density at radius 2 is 1.73 bits per heavy atom. The molecule has 0 radical (unpaired) electrons. The first-order valence-corrected chi connectivity index (χ1v) is 10.2. The molecule has 0 aliphatic carbocycles. The van der Waals surface area contributed by atoms with Crippen molar-refractivity contribution in [2.45, 2.75) is 46.1 Å². The Labute approximate surface area is 171 Å². The van der Waals surface area contributed by atoms with Crippen LogP contribution in [-0.4, -0.2) is 30.0 Å². The van der Waals surface area contributed by atoms with Crippen LogP contribution >= 0.6 is 11.3 Å². The molecule has 1 N–H and O–H groups in total. The molecule has 1 amide bonds. The summed E-state index contributed by atoms with van der Waals surface area (Å²) >= 11 is 1.70. The van der Waals surface area contributed by atoms with E-state index < -0.39 is 0 Å². The van der Waals surface area contributed by atoms with Gasteiger partial charge in [-0.2, -0.15) is 0 Å². The third-order valence-corrected chi connectivity index (χ3v) is 6.31. The summed E-state index contributed by atoms with van der Waals surface area (Å²) in [6.45, 7) is 7.88. The molecule has 142 valence electrons. The number of nitrogens with zero attached hydrogens (tertiary/aromatic N) is 1. The molecule has 1 aromatic carbocycles. The Balaban J connectivity index is 0.00000243. The number of likely N-dealkylation sites (tertiary alicyclic amines) is 1. The first kappa shape index (κ1) is 21.1. The van der Waals surface area contributed by atoms with E-state index in [4.69, 9.17) is 0 Å². The van der Waals surface area contributed by atoms with Gasteiger partial charge in [0.25, 0.3) is 5.91 Å². The van der Waals surface area contributed by atoms with Gasteiger partial charge in [0.1, 0.15) is 6.54 Å². The van der Waals surface area contributed by atoms with Gasteiger partial charge in [0, 0.05) is 10.4 Å². The Morgan fingerprint density at radius 3 is 2.31 bits per heavy atom. The smallest absolute Gasteiger partial charge is 0.279 e. The summed E-state index contributed by atoms with van der Waals surface area (Å²) in [4.78, 5) is 14.1. The van der Waals surface area contributed by atoms with E-state index in [1.165, 1.54) is 41.7 Å². The second kappa shape index (κ2) is 9.67. The van der Waals surface area contributed by atoms with Gasteiger partial charge < -0.3 is 26.8 Å². The molecule has 1 aromatic heterocycles. The van der Waals surface area contributed by atoms with E-state index in [1.54, 1.807) is 11.3 Å².